The van der Waals surface area contributed by atoms with Crippen LogP contribution in [0.2, 0.25) is 0 Å². The van der Waals surface area contributed by atoms with Gasteiger partial charge in [0.25, 0.3) is 0 Å². The minimum Gasteiger partial charge on any atom is -0.310 e. The van der Waals surface area contributed by atoms with E-state index < -0.39 is 0 Å². The van der Waals surface area contributed by atoms with Gasteiger partial charge in [-0.2, -0.15) is 0 Å². The summed E-state index contributed by atoms with van der Waals surface area (Å²) < 4.78 is 14.0. The Labute approximate surface area is 113 Å². The Hall–Kier alpha value is -1.67. The van der Waals surface area contributed by atoms with E-state index in [4.69, 9.17) is 0 Å². The van der Waals surface area contributed by atoms with Crippen molar-refractivity contribution in [1.82, 2.24) is 5.32 Å². The van der Waals surface area contributed by atoms with Crippen LogP contribution in [0.4, 0.5) is 4.39 Å². The topological polar surface area (TPSA) is 12.0 Å². The molecule has 3 rings (SSSR count). The number of likely N-dealkylation sites (N-methyl/N-ethyl adjacent to an activating group) is 1. The van der Waals surface area contributed by atoms with Crippen LogP contribution in [0, 0.1) is 5.82 Å². The second-order valence-corrected chi connectivity index (χ2v) is 5.07. The molecule has 2 unspecified atom stereocenters. The highest BCUT2D eigenvalue weighted by Gasteiger charge is 2.34. The first-order valence-corrected chi connectivity index (χ1v) is 6.87. The third-order valence-electron chi connectivity index (χ3n) is 3.96. The van der Waals surface area contributed by atoms with Gasteiger partial charge in [0.05, 0.1) is 0 Å². The Balaban J connectivity index is 1.94. The molecule has 2 atom stereocenters. The molecule has 2 aromatic carbocycles. The SMILES string of the molecule is CCNC(c1ccccc1F)C1Cc2ccccc21. The lowest BCUT2D eigenvalue weighted by atomic mass is 9.71. The largest absolute Gasteiger partial charge is 0.310 e. The molecule has 2 aromatic rings. The lowest BCUT2D eigenvalue weighted by Gasteiger charge is -2.37. The maximum absolute atomic E-state index is 14.0. The van der Waals surface area contributed by atoms with Gasteiger partial charge in [-0.15, -0.1) is 0 Å². The predicted molar refractivity (Wildman–Crippen MR) is 75.7 cm³/mol. The maximum Gasteiger partial charge on any atom is 0.128 e. The van der Waals surface area contributed by atoms with Crippen LogP contribution in [0.5, 0.6) is 0 Å². The summed E-state index contributed by atoms with van der Waals surface area (Å²) in [7, 11) is 0. The molecule has 0 saturated carbocycles. The number of fused-ring (bicyclic) bond motifs is 1. The van der Waals surface area contributed by atoms with Crippen molar-refractivity contribution >= 4 is 0 Å². The Morgan fingerprint density at radius 3 is 2.63 bits per heavy atom. The molecular formula is C17H18FN. The Morgan fingerprint density at radius 1 is 1.16 bits per heavy atom. The quantitative estimate of drug-likeness (QED) is 0.876. The number of halogens is 1. The summed E-state index contributed by atoms with van der Waals surface area (Å²) in [5, 5.41) is 3.44. The molecule has 1 nitrogen and oxygen atoms in total. The molecule has 0 aliphatic heterocycles. The Kier molecular flexibility index (Phi) is 3.34. The van der Waals surface area contributed by atoms with Crippen molar-refractivity contribution in [2.75, 3.05) is 6.54 Å². The van der Waals surface area contributed by atoms with Gasteiger partial charge >= 0.3 is 0 Å². The van der Waals surface area contributed by atoms with E-state index in [0.717, 1.165) is 18.5 Å². The first kappa shape index (κ1) is 12.4. The van der Waals surface area contributed by atoms with Crippen LogP contribution in [0.3, 0.4) is 0 Å². The lowest BCUT2D eigenvalue weighted by Crippen LogP contribution is -2.33. The summed E-state index contributed by atoms with van der Waals surface area (Å²) in [5.41, 5.74) is 3.53. The standard InChI is InChI=1S/C17H18FN/c1-2-19-17(14-9-5-6-10-16(14)18)15-11-12-7-3-4-8-13(12)15/h3-10,15,17,19H,2,11H2,1H3. The van der Waals surface area contributed by atoms with E-state index in [-0.39, 0.29) is 11.9 Å². The molecule has 0 saturated heterocycles. The monoisotopic (exact) mass is 255 g/mol. The third-order valence-corrected chi connectivity index (χ3v) is 3.96. The Morgan fingerprint density at radius 2 is 1.89 bits per heavy atom. The van der Waals surface area contributed by atoms with E-state index in [0.29, 0.717) is 5.92 Å². The molecule has 0 aromatic heterocycles. The van der Waals surface area contributed by atoms with Crippen molar-refractivity contribution in [3.63, 3.8) is 0 Å². The molecule has 1 N–H and O–H groups in total. The number of hydrogen-bond acceptors (Lipinski definition) is 1. The van der Waals surface area contributed by atoms with Gasteiger partial charge in [0.1, 0.15) is 5.82 Å². The number of rotatable bonds is 4. The highest BCUT2D eigenvalue weighted by molar-refractivity contribution is 5.43. The molecule has 98 valence electrons. The summed E-state index contributed by atoms with van der Waals surface area (Å²) in [6, 6.07) is 15.6. The summed E-state index contributed by atoms with van der Waals surface area (Å²) in [5.74, 6) is 0.269. The van der Waals surface area contributed by atoms with Gasteiger partial charge in [0, 0.05) is 17.5 Å². The van der Waals surface area contributed by atoms with Gasteiger partial charge in [0.2, 0.25) is 0 Å². The van der Waals surface area contributed by atoms with Gasteiger partial charge in [-0.1, -0.05) is 49.4 Å². The van der Waals surface area contributed by atoms with Crippen LogP contribution in [0.15, 0.2) is 48.5 Å². The maximum atomic E-state index is 14.0. The van der Waals surface area contributed by atoms with Gasteiger partial charge in [-0.05, 0) is 30.2 Å². The smallest absolute Gasteiger partial charge is 0.128 e. The molecular weight excluding hydrogens is 237 g/mol. The predicted octanol–water partition coefficient (Wildman–Crippen LogP) is 3.82. The van der Waals surface area contributed by atoms with Crippen molar-refractivity contribution in [2.45, 2.75) is 25.3 Å². The highest BCUT2D eigenvalue weighted by Crippen LogP contribution is 2.43. The Bertz CT molecular complexity index is 579. The first-order chi connectivity index (χ1) is 9.31. The molecule has 19 heavy (non-hydrogen) atoms. The van der Waals surface area contributed by atoms with Gasteiger partial charge in [-0.3, -0.25) is 0 Å². The van der Waals surface area contributed by atoms with Gasteiger partial charge in [-0.25, -0.2) is 4.39 Å². The van der Waals surface area contributed by atoms with Crippen LogP contribution in [-0.2, 0) is 6.42 Å². The first-order valence-electron chi connectivity index (χ1n) is 6.87. The van der Waals surface area contributed by atoms with Crippen molar-refractivity contribution in [1.29, 1.82) is 0 Å². The minimum absolute atomic E-state index is 0.0705. The van der Waals surface area contributed by atoms with Crippen LogP contribution in [-0.4, -0.2) is 6.54 Å². The number of hydrogen-bond donors (Lipinski definition) is 1. The average molecular weight is 255 g/mol. The van der Waals surface area contributed by atoms with Crippen LogP contribution in [0.1, 0.15) is 35.6 Å². The van der Waals surface area contributed by atoms with Gasteiger partial charge in [0.15, 0.2) is 0 Å². The molecule has 0 bridgehead atoms. The van der Waals surface area contributed by atoms with Crippen LogP contribution in [0.25, 0.3) is 0 Å². The van der Waals surface area contributed by atoms with E-state index in [1.54, 1.807) is 12.1 Å². The van der Waals surface area contributed by atoms with Crippen LogP contribution >= 0.6 is 0 Å². The fourth-order valence-electron chi connectivity index (χ4n) is 3.01. The van der Waals surface area contributed by atoms with Crippen molar-refractivity contribution in [3.05, 3.63) is 71.0 Å². The van der Waals surface area contributed by atoms with Gasteiger partial charge < -0.3 is 5.32 Å². The molecule has 0 radical (unpaired) electrons. The lowest BCUT2D eigenvalue weighted by molar-refractivity contribution is 0.405. The fraction of sp³-hybridized carbons (Fsp3) is 0.294. The average Bonchev–Trinajstić information content (AvgIpc) is 2.40. The molecule has 0 amide bonds. The van der Waals surface area contributed by atoms with E-state index in [2.05, 4.69) is 36.5 Å². The summed E-state index contributed by atoms with van der Waals surface area (Å²) in [6.07, 6.45) is 1.03. The molecule has 1 aliphatic carbocycles. The summed E-state index contributed by atoms with van der Waals surface area (Å²) in [4.78, 5) is 0. The molecule has 1 aliphatic rings. The zero-order valence-electron chi connectivity index (χ0n) is 11.1. The zero-order valence-corrected chi connectivity index (χ0v) is 11.1. The van der Waals surface area contributed by atoms with Crippen molar-refractivity contribution in [3.8, 4) is 0 Å². The summed E-state index contributed by atoms with van der Waals surface area (Å²) in [6.45, 7) is 2.91. The van der Waals surface area contributed by atoms with E-state index in [1.165, 1.54) is 11.1 Å². The number of benzene rings is 2. The second-order valence-electron chi connectivity index (χ2n) is 5.07. The number of nitrogens with one attached hydrogen (secondary N) is 1. The van der Waals surface area contributed by atoms with E-state index in [9.17, 15) is 4.39 Å². The van der Waals surface area contributed by atoms with E-state index >= 15 is 0 Å². The highest BCUT2D eigenvalue weighted by atomic mass is 19.1. The minimum atomic E-state index is -0.113. The molecule has 2 heteroatoms. The molecule has 0 heterocycles. The third kappa shape index (κ3) is 2.17. The molecule has 0 spiro atoms. The van der Waals surface area contributed by atoms with Crippen molar-refractivity contribution in [2.24, 2.45) is 0 Å². The van der Waals surface area contributed by atoms with E-state index in [1.807, 2.05) is 12.1 Å². The second kappa shape index (κ2) is 5.14. The molecule has 0 fully saturated rings. The fourth-order valence-corrected chi connectivity index (χ4v) is 3.01. The normalized spacial score (nSPS) is 18.5. The van der Waals surface area contributed by atoms with Crippen molar-refractivity contribution < 1.29 is 4.39 Å². The summed E-state index contributed by atoms with van der Waals surface area (Å²) >= 11 is 0. The van der Waals surface area contributed by atoms with Crippen LogP contribution < -0.4 is 5.32 Å². The zero-order chi connectivity index (χ0) is 13.2.